The molecule has 162 valence electrons. The van der Waals surface area contributed by atoms with Crippen LogP contribution in [0.3, 0.4) is 0 Å². The van der Waals surface area contributed by atoms with E-state index in [0.717, 1.165) is 16.8 Å². The number of rotatable bonds is 6. The van der Waals surface area contributed by atoms with Crippen molar-refractivity contribution in [2.75, 3.05) is 26.3 Å². The van der Waals surface area contributed by atoms with Crippen molar-refractivity contribution in [3.05, 3.63) is 71.2 Å². The van der Waals surface area contributed by atoms with Gasteiger partial charge in [-0.05, 0) is 56.7 Å². The van der Waals surface area contributed by atoms with Crippen LogP contribution in [0.25, 0.3) is 5.69 Å². The molecule has 2 heterocycles. The van der Waals surface area contributed by atoms with E-state index in [1.54, 1.807) is 16.8 Å². The van der Waals surface area contributed by atoms with Crippen molar-refractivity contribution < 1.29 is 18.7 Å². The molecule has 1 saturated heterocycles. The smallest absolute Gasteiger partial charge is 0.226 e. The Bertz CT molecular complexity index is 1040. The van der Waals surface area contributed by atoms with E-state index in [-0.39, 0.29) is 11.7 Å². The highest BCUT2D eigenvalue weighted by Gasteiger charge is 2.22. The summed E-state index contributed by atoms with van der Waals surface area (Å²) >= 11 is 0. The van der Waals surface area contributed by atoms with E-state index < -0.39 is 0 Å². The zero-order valence-electron chi connectivity index (χ0n) is 17.8. The van der Waals surface area contributed by atoms with E-state index >= 15 is 0 Å². The molecule has 3 aromatic rings. The lowest BCUT2D eigenvalue weighted by molar-refractivity contribution is -0.135. The van der Waals surface area contributed by atoms with Gasteiger partial charge in [-0.1, -0.05) is 17.7 Å². The maximum atomic E-state index is 13.4. The molecule has 1 fully saturated rings. The van der Waals surface area contributed by atoms with E-state index in [1.807, 2.05) is 43.0 Å². The topological polar surface area (TPSA) is 56.6 Å². The predicted molar refractivity (Wildman–Crippen MR) is 115 cm³/mol. The van der Waals surface area contributed by atoms with Crippen molar-refractivity contribution >= 4 is 5.91 Å². The number of morpholine rings is 1. The van der Waals surface area contributed by atoms with Crippen LogP contribution in [0.1, 0.15) is 23.2 Å². The number of aryl methyl sites for hydroxylation is 2. The first-order valence-electron chi connectivity index (χ1n) is 10.5. The molecule has 0 atom stereocenters. The number of benzene rings is 2. The van der Waals surface area contributed by atoms with Gasteiger partial charge in [-0.2, -0.15) is 5.10 Å². The quantitative estimate of drug-likeness (QED) is 0.596. The zero-order chi connectivity index (χ0) is 21.8. The van der Waals surface area contributed by atoms with Gasteiger partial charge in [-0.15, -0.1) is 0 Å². The highest BCUT2D eigenvalue weighted by Crippen LogP contribution is 2.32. The molecule has 1 aliphatic heterocycles. The second-order valence-electron chi connectivity index (χ2n) is 7.67. The fourth-order valence-electron chi connectivity index (χ4n) is 3.61. The van der Waals surface area contributed by atoms with Crippen LogP contribution >= 0.6 is 0 Å². The third-order valence-electron chi connectivity index (χ3n) is 5.40. The van der Waals surface area contributed by atoms with Gasteiger partial charge in [0.1, 0.15) is 11.6 Å². The average Bonchev–Trinajstić information content (AvgIpc) is 3.09. The number of hydrogen-bond acceptors (Lipinski definition) is 4. The predicted octanol–water partition coefficient (Wildman–Crippen LogP) is 4.21. The summed E-state index contributed by atoms with van der Waals surface area (Å²) in [6, 6.07) is 13.8. The van der Waals surface area contributed by atoms with Crippen LogP contribution in [0.2, 0.25) is 0 Å². The lowest BCUT2D eigenvalue weighted by Crippen LogP contribution is -2.40. The van der Waals surface area contributed by atoms with Crippen LogP contribution in [0.4, 0.5) is 4.39 Å². The Kier molecular flexibility index (Phi) is 6.32. The Hall–Kier alpha value is -3.19. The summed E-state index contributed by atoms with van der Waals surface area (Å²) in [7, 11) is 0. The first-order valence-corrected chi connectivity index (χ1v) is 10.5. The summed E-state index contributed by atoms with van der Waals surface area (Å²) in [6.45, 7) is 6.32. The van der Waals surface area contributed by atoms with Gasteiger partial charge in [0.05, 0.1) is 24.6 Å². The van der Waals surface area contributed by atoms with Gasteiger partial charge in [0, 0.05) is 25.1 Å². The molecule has 7 heteroatoms. The Labute approximate surface area is 181 Å². The molecule has 1 amide bonds. The number of carbonyl (C=O) groups is 1. The molecule has 0 aliphatic carbocycles. The number of ether oxygens (including phenoxy) is 2. The minimum atomic E-state index is -0.315. The summed E-state index contributed by atoms with van der Waals surface area (Å²) in [5.41, 5.74) is 3.47. The summed E-state index contributed by atoms with van der Waals surface area (Å²) in [6.07, 6.45) is 0.866. The van der Waals surface area contributed by atoms with Crippen LogP contribution in [-0.2, 0) is 16.0 Å². The molecular formula is C24H26FN3O3. The molecule has 4 rings (SSSR count). The van der Waals surface area contributed by atoms with E-state index in [2.05, 4.69) is 5.10 Å². The molecule has 6 nitrogen and oxygen atoms in total. The van der Waals surface area contributed by atoms with Crippen LogP contribution in [-0.4, -0.2) is 46.9 Å². The second-order valence-corrected chi connectivity index (χ2v) is 7.67. The normalized spacial score (nSPS) is 14.0. The Morgan fingerprint density at radius 1 is 1.06 bits per heavy atom. The summed E-state index contributed by atoms with van der Waals surface area (Å²) < 4.78 is 26.7. The molecule has 2 aromatic carbocycles. The first kappa shape index (κ1) is 21.1. The molecule has 31 heavy (non-hydrogen) atoms. The number of halogens is 1. The van der Waals surface area contributed by atoms with E-state index in [1.165, 1.54) is 12.1 Å². The van der Waals surface area contributed by atoms with Gasteiger partial charge in [0.2, 0.25) is 11.8 Å². The van der Waals surface area contributed by atoms with Crippen molar-refractivity contribution in [1.29, 1.82) is 0 Å². The molecule has 0 N–H and O–H groups in total. The fourth-order valence-corrected chi connectivity index (χ4v) is 3.61. The molecule has 0 spiro atoms. The standard InChI is InChI=1S/C24H26FN3O3/c1-17-3-9-21(10-4-17)31-24-22(11-12-23(29)27-13-15-30-16-14-27)18(2)26-28(24)20-7-5-19(25)6-8-20/h3-10H,11-16H2,1-2H3. The van der Waals surface area contributed by atoms with Crippen LogP contribution in [0.15, 0.2) is 48.5 Å². The SMILES string of the molecule is Cc1ccc(Oc2c(CCC(=O)N3CCOCC3)c(C)nn2-c2ccc(F)cc2)cc1. The van der Waals surface area contributed by atoms with Crippen molar-refractivity contribution in [2.24, 2.45) is 0 Å². The monoisotopic (exact) mass is 423 g/mol. The van der Waals surface area contributed by atoms with Gasteiger partial charge in [-0.3, -0.25) is 4.79 Å². The maximum absolute atomic E-state index is 13.4. The van der Waals surface area contributed by atoms with E-state index in [9.17, 15) is 9.18 Å². The lowest BCUT2D eigenvalue weighted by Gasteiger charge is -2.26. The first-order chi connectivity index (χ1) is 15.0. The number of carbonyl (C=O) groups excluding carboxylic acids is 1. The molecule has 0 bridgehead atoms. The van der Waals surface area contributed by atoms with E-state index in [0.29, 0.717) is 56.5 Å². The van der Waals surface area contributed by atoms with Crippen molar-refractivity contribution in [2.45, 2.75) is 26.7 Å². The molecule has 1 aliphatic rings. The van der Waals surface area contributed by atoms with Gasteiger partial charge in [0.15, 0.2) is 0 Å². The molecule has 0 unspecified atom stereocenters. The van der Waals surface area contributed by atoms with Crippen LogP contribution in [0.5, 0.6) is 11.6 Å². The van der Waals surface area contributed by atoms with Crippen molar-refractivity contribution in [3.63, 3.8) is 0 Å². The van der Waals surface area contributed by atoms with Gasteiger partial charge < -0.3 is 14.4 Å². The zero-order valence-corrected chi connectivity index (χ0v) is 17.8. The summed E-state index contributed by atoms with van der Waals surface area (Å²) in [5, 5.41) is 4.64. The number of nitrogens with zero attached hydrogens (tertiary/aromatic N) is 3. The lowest BCUT2D eigenvalue weighted by atomic mass is 10.1. The van der Waals surface area contributed by atoms with E-state index in [4.69, 9.17) is 9.47 Å². The number of aromatic nitrogens is 2. The van der Waals surface area contributed by atoms with Crippen LogP contribution < -0.4 is 4.74 Å². The second kappa shape index (κ2) is 9.31. The molecule has 0 radical (unpaired) electrons. The van der Waals surface area contributed by atoms with Gasteiger partial charge in [0.25, 0.3) is 0 Å². The van der Waals surface area contributed by atoms with Crippen LogP contribution in [0, 0.1) is 19.7 Å². The highest BCUT2D eigenvalue weighted by atomic mass is 19.1. The molecule has 0 saturated carbocycles. The van der Waals surface area contributed by atoms with Crippen molar-refractivity contribution in [3.8, 4) is 17.3 Å². The highest BCUT2D eigenvalue weighted by molar-refractivity contribution is 5.76. The third kappa shape index (κ3) is 4.94. The maximum Gasteiger partial charge on any atom is 0.226 e. The summed E-state index contributed by atoms with van der Waals surface area (Å²) in [5.74, 6) is 1.00. The Morgan fingerprint density at radius 2 is 1.74 bits per heavy atom. The minimum Gasteiger partial charge on any atom is -0.439 e. The minimum absolute atomic E-state index is 0.0959. The molecule has 1 aromatic heterocycles. The van der Waals surface area contributed by atoms with Crippen molar-refractivity contribution in [1.82, 2.24) is 14.7 Å². The number of amides is 1. The largest absolute Gasteiger partial charge is 0.439 e. The van der Waals surface area contributed by atoms with Gasteiger partial charge >= 0.3 is 0 Å². The Balaban J connectivity index is 1.63. The van der Waals surface area contributed by atoms with Gasteiger partial charge in [-0.25, -0.2) is 9.07 Å². The third-order valence-corrected chi connectivity index (χ3v) is 5.40. The Morgan fingerprint density at radius 3 is 2.42 bits per heavy atom. The summed E-state index contributed by atoms with van der Waals surface area (Å²) in [4.78, 5) is 14.5. The molecular weight excluding hydrogens is 397 g/mol. The fraction of sp³-hybridized carbons (Fsp3) is 0.333. The number of hydrogen-bond donors (Lipinski definition) is 0. The average molecular weight is 423 g/mol.